The standard InChI is InChI=1S/C18H36N2O/c1-4-19-14-18(9-5-7-16(2)11-18)15-20-10-6-8-17(12-20)13-21-3/h16-17,19H,4-15H2,1-3H3. The van der Waals surface area contributed by atoms with Crippen molar-refractivity contribution in [2.75, 3.05) is 46.4 Å². The number of likely N-dealkylation sites (tertiary alicyclic amines) is 1. The molecule has 0 aromatic rings. The van der Waals surface area contributed by atoms with E-state index in [1.54, 1.807) is 0 Å². The van der Waals surface area contributed by atoms with Crippen molar-refractivity contribution in [3.63, 3.8) is 0 Å². The van der Waals surface area contributed by atoms with Gasteiger partial charge in [0.15, 0.2) is 0 Å². The van der Waals surface area contributed by atoms with Gasteiger partial charge in [0.2, 0.25) is 0 Å². The summed E-state index contributed by atoms with van der Waals surface area (Å²) in [5.74, 6) is 1.65. The van der Waals surface area contributed by atoms with Gasteiger partial charge in [-0.25, -0.2) is 0 Å². The third-order valence-electron chi connectivity index (χ3n) is 5.50. The van der Waals surface area contributed by atoms with E-state index in [-0.39, 0.29) is 0 Å². The Morgan fingerprint density at radius 2 is 2.14 bits per heavy atom. The Balaban J connectivity index is 1.93. The number of rotatable bonds is 7. The average Bonchev–Trinajstić information content (AvgIpc) is 2.46. The van der Waals surface area contributed by atoms with E-state index in [0.29, 0.717) is 5.41 Å². The first-order valence-corrected chi connectivity index (χ1v) is 9.09. The van der Waals surface area contributed by atoms with Crippen LogP contribution in [0.5, 0.6) is 0 Å². The summed E-state index contributed by atoms with van der Waals surface area (Å²) >= 11 is 0. The van der Waals surface area contributed by atoms with Crippen molar-refractivity contribution in [2.24, 2.45) is 17.3 Å². The van der Waals surface area contributed by atoms with E-state index in [2.05, 4.69) is 24.1 Å². The van der Waals surface area contributed by atoms with E-state index in [4.69, 9.17) is 4.74 Å². The lowest BCUT2D eigenvalue weighted by Gasteiger charge is -2.45. The molecule has 3 unspecified atom stereocenters. The van der Waals surface area contributed by atoms with Gasteiger partial charge in [-0.2, -0.15) is 0 Å². The van der Waals surface area contributed by atoms with Crippen LogP contribution in [0.15, 0.2) is 0 Å². The fourth-order valence-corrected chi connectivity index (χ4v) is 4.66. The Labute approximate surface area is 131 Å². The highest BCUT2D eigenvalue weighted by Gasteiger charge is 2.37. The first kappa shape index (κ1) is 17.2. The van der Waals surface area contributed by atoms with E-state index in [1.807, 2.05) is 7.11 Å². The number of nitrogens with one attached hydrogen (secondary N) is 1. The predicted octanol–water partition coefficient (Wildman–Crippen LogP) is 3.15. The van der Waals surface area contributed by atoms with Gasteiger partial charge in [0.1, 0.15) is 0 Å². The minimum absolute atomic E-state index is 0.517. The quantitative estimate of drug-likeness (QED) is 0.781. The third kappa shape index (κ3) is 5.22. The molecule has 0 spiro atoms. The number of nitrogens with zero attached hydrogens (tertiary/aromatic N) is 1. The molecule has 3 nitrogen and oxygen atoms in total. The zero-order valence-electron chi connectivity index (χ0n) is 14.5. The van der Waals surface area contributed by atoms with Crippen molar-refractivity contribution in [1.29, 1.82) is 0 Å². The van der Waals surface area contributed by atoms with Crippen LogP contribution in [0.25, 0.3) is 0 Å². The summed E-state index contributed by atoms with van der Waals surface area (Å²) in [6, 6.07) is 0. The molecule has 0 amide bonds. The molecule has 2 aliphatic rings. The average molecular weight is 296 g/mol. The fourth-order valence-electron chi connectivity index (χ4n) is 4.66. The smallest absolute Gasteiger partial charge is 0.0502 e. The molecule has 1 saturated carbocycles. The van der Waals surface area contributed by atoms with E-state index in [9.17, 15) is 0 Å². The van der Waals surface area contributed by atoms with Gasteiger partial charge in [0.05, 0.1) is 6.61 Å². The number of methoxy groups -OCH3 is 1. The molecular formula is C18H36N2O. The lowest BCUT2D eigenvalue weighted by molar-refractivity contribution is 0.0382. The Morgan fingerprint density at radius 1 is 1.29 bits per heavy atom. The topological polar surface area (TPSA) is 24.5 Å². The second-order valence-electron chi connectivity index (χ2n) is 7.68. The molecule has 0 aromatic heterocycles. The summed E-state index contributed by atoms with van der Waals surface area (Å²) in [7, 11) is 1.84. The normalized spacial score (nSPS) is 35.0. The van der Waals surface area contributed by atoms with Crippen LogP contribution in [0.1, 0.15) is 52.4 Å². The van der Waals surface area contributed by atoms with Gasteiger partial charge in [0, 0.05) is 26.7 Å². The minimum atomic E-state index is 0.517. The number of piperidine rings is 1. The molecule has 124 valence electrons. The summed E-state index contributed by atoms with van der Waals surface area (Å²) in [5.41, 5.74) is 0.517. The summed E-state index contributed by atoms with van der Waals surface area (Å²) in [5, 5.41) is 3.65. The highest BCUT2D eigenvalue weighted by Crippen LogP contribution is 2.40. The number of ether oxygens (including phenoxy) is 1. The van der Waals surface area contributed by atoms with E-state index in [0.717, 1.165) is 25.0 Å². The molecule has 1 aliphatic heterocycles. The van der Waals surface area contributed by atoms with Gasteiger partial charge in [0.25, 0.3) is 0 Å². The van der Waals surface area contributed by atoms with Crippen LogP contribution < -0.4 is 5.32 Å². The Bertz CT molecular complexity index is 295. The number of hydrogen-bond donors (Lipinski definition) is 1. The van der Waals surface area contributed by atoms with Crippen molar-refractivity contribution in [2.45, 2.75) is 52.4 Å². The highest BCUT2D eigenvalue weighted by molar-refractivity contribution is 4.91. The van der Waals surface area contributed by atoms with Gasteiger partial charge >= 0.3 is 0 Å². The zero-order valence-corrected chi connectivity index (χ0v) is 14.5. The molecule has 1 saturated heterocycles. The largest absolute Gasteiger partial charge is 0.384 e. The zero-order chi connectivity index (χ0) is 15.1. The van der Waals surface area contributed by atoms with Crippen LogP contribution in [-0.2, 0) is 4.74 Å². The maximum Gasteiger partial charge on any atom is 0.0502 e. The maximum absolute atomic E-state index is 5.39. The van der Waals surface area contributed by atoms with Crippen LogP contribution in [0.3, 0.4) is 0 Å². The maximum atomic E-state index is 5.39. The van der Waals surface area contributed by atoms with Gasteiger partial charge in [-0.1, -0.05) is 26.7 Å². The van der Waals surface area contributed by atoms with Crippen molar-refractivity contribution in [3.05, 3.63) is 0 Å². The molecule has 0 radical (unpaired) electrons. The predicted molar refractivity (Wildman–Crippen MR) is 89.6 cm³/mol. The lowest BCUT2D eigenvalue weighted by atomic mass is 9.69. The fraction of sp³-hybridized carbons (Fsp3) is 1.00. The molecule has 2 rings (SSSR count). The monoisotopic (exact) mass is 296 g/mol. The lowest BCUT2D eigenvalue weighted by Crippen LogP contribution is -2.49. The molecule has 3 atom stereocenters. The van der Waals surface area contributed by atoms with Crippen LogP contribution in [0, 0.1) is 17.3 Å². The van der Waals surface area contributed by atoms with Crippen molar-refractivity contribution in [1.82, 2.24) is 10.2 Å². The van der Waals surface area contributed by atoms with Gasteiger partial charge < -0.3 is 15.0 Å². The molecule has 0 aromatic carbocycles. The molecule has 3 heteroatoms. The summed E-state index contributed by atoms with van der Waals surface area (Å²) in [4.78, 5) is 2.74. The molecular weight excluding hydrogens is 260 g/mol. The summed E-state index contributed by atoms with van der Waals surface area (Å²) in [6.07, 6.45) is 8.37. The van der Waals surface area contributed by atoms with Crippen molar-refractivity contribution in [3.8, 4) is 0 Å². The van der Waals surface area contributed by atoms with Crippen molar-refractivity contribution < 1.29 is 4.74 Å². The van der Waals surface area contributed by atoms with Crippen molar-refractivity contribution >= 4 is 0 Å². The Morgan fingerprint density at radius 3 is 2.86 bits per heavy atom. The van der Waals surface area contributed by atoms with Crippen LogP contribution in [0.2, 0.25) is 0 Å². The SMILES string of the molecule is CCNCC1(CN2CCCC(COC)C2)CCCC(C)C1. The molecule has 1 N–H and O–H groups in total. The molecule has 21 heavy (non-hydrogen) atoms. The first-order chi connectivity index (χ1) is 10.2. The summed E-state index contributed by atoms with van der Waals surface area (Å²) < 4.78 is 5.39. The Hall–Kier alpha value is -0.120. The second kappa shape index (κ2) is 8.50. The molecule has 1 aliphatic carbocycles. The van der Waals surface area contributed by atoms with E-state index in [1.165, 1.54) is 64.7 Å². The van der Waals surface area contributed by atoms with E-state index >= 15 is 0 Å². The van der Waals surface area contributed by atoms with E-state index < -0.39 is 0 Å². The minimum Gasteiger partial charge on any atom is -0.384 e. The number of hydrogen-bond acceptors (Lipinski definition) is 3. The highest BCUT2D eigenvalue weighted by atomic mass is 16.5. The van der Waals surface area contributed by atoms with Gasteiger partial charge in [-0.3, -0.25) is 0 Å². The van der Waals surface area contributed by atoms with Gasteiger partial charge in [-0.05, 0) is 56.0 Å². The van der Waals surface area contributed by atoms with Gasteiger partial charge in [-0.15, -0.1) is 0 Å². The summed E-state index contributed by atoms with van der Waals surface area (Å²) in [6.45, 7) is 11.8. The second-order valence-corrected chi connectivity index (χ2v) is 7.68. The Kier molecular flexibility index (Phi) is 6.97. The van der Waals surface area contributed by atoms with Crippen LogP contribution in [0.4, 0.5) is 0 Å². The molecule has 2 fully saturated rings. The first-order valence-electron chi connectivity index (χ1n) is 9.09. The molecule has 1 heterocycles. The molecule has 0 bridgehead atoms. The third-order valence-corrected chi connectivity index (χ3v) is 5.50. The van der Waals surface area contributed by atoms with Crippen LogP contribution in [-0.4, -0.2) is 51.3 Å². The van der Waals surface area contributed by atoms with Crippen LogP contribution >= 0.6 is 0 Å².